The molecule has 0 unspecified atom stereocenters. The maximum atomic E-state index is 6.00. The highest BCUT2D eigenvalue weighted by Crippen LogP contribution is 2.47. The van der Waals surface area contributed by atoms with Gasteiger partial charge in [-0.1, -0.05) is 12.5 Å². The average Bonchev–Trinajstić information content (AvgIpc) is 2.57. The minimum atomic E-state index is 0.189. The van der Waals surface area contributed by atoms with Gasteiger partial charge in [0, 0.05) is 18.4 Å². The van der Waals surface area contributed by atoms with Crippen LogP contribution in [-0.2, 0) is 5.41 Å². The molecule has 0 radical (unpaired) electrons. The Hall–Kier alpha value is -1.22. The topological polar surface area (TPSA) is 44.5 Å². The predicted octanol–water partition coefficient (Wildman–Crippen LogP) is 2.54. The first-order valence-electron chi connectivity index (χ1n) is 6.87. The van der Waals surface area contributed by atoms with Crippen molar-refractivity contribution in [2.75, 3.05) is 19.8 Å². The molecule has 1 saturated carbocycles. The van der Waals surface area contributed by atoms with Gasteiger partial charge in [0.1, 0.15) is 0 Å². The van der Waals surface area contributed by atoms with Crippen molar-refractivity contribution in [2.24, 2.45) is 5.73 Å². The van der Waals surface area contributed by atoms with E-state index in [9.17, 15) is 0 Å². The molecule has 2 N–H and O–H groups in total. The third kappa shape index (κ3) is 1.69. The molecule has 0 saturated heterocycles. The fraction of sp³-hybridized carbons (Fsp3) is 0.600. The number of nitrogens with two attached hydrogens (primary N) is 1. The quantitative estimate of drug-likeness (QED) is 0.873. The fourth-order valence-electron chi connectivity index (χ4n) is 3.14. The van der Waals surface area contributed by atoms with Crippen molar-refractivity contribution in [3.63, 3.8) is 0 Å². The Morgan fingerprint density at radius 1 is 1.17 bits per heavy atom. The molecule has 0 atom stereocenters. The van der Waals surface area contributed by atoms with Crippen LogP contribution in [0.15, 0.2) is 12.1 Å². The molecule has 98 valence electrons. The summed E-state index contributed by atoms with van der Waals surface area (Å²) in [4.78, 5) is 0. The number of hydrogen-bond acceptors (Lipinski definition) is 3. The van der Waals surface area contributed by atoms with Crippen LogP contribution < -0.4 is 15.2 Å². The first-order chi connectivity index (χ1) is 8.77. The zero-order chi connectivity index (χ0) is 12.6. The van der Waals surface area contributed by atoms with Crippen LogP contribution in [0.2, 0.25) is 0 Å². The standard InChI is InChI=1S/C15H21NO2/c1-11-12(15(10-16)6-2-7-15)4-5-13-14(11)18-9-3-8-17-13/h4-5H,2-3,6-10,16H2,1H3. The number of ether oxygens (including phenoxy) is 2. The molecule has 3 nitrogen and oxygen atoms in total. The van der Waals surface area contributed by atoms with E-state index >= 15 is 0 Å². The van der Waals surface area contributed by atoms with E-state index in [1.807, 2.05) is 0 Å². The van der Waals surface area contributed by atoms with Gasteiger partial charge in [0.25, 0.3) is 0 Å². The molecule has 0 bridgehead atoms. The lowest BCUT2D eigenvalue weighted by Gasteiger charge is -2.42. The van der Waals surface area contributed by atoms with E-state index in [-0.39, 0.29) is 5.41 Å². The third-order valence-electron chi connectivity index (χ3n) is 4.44. The van der Waals surface area contributed by atoms with Crippen LogP contribution in [0.5, 0.6) is 11.5 Å². The van der Waals surface area contributed by atoms with E-state index in [1.54, 1.807) is 0 Å². The predicted molar refractivity (Wildman–Crippen MR) is 71.4 cm³/mol. The number of fused-ring (bicyclic) bond motifs is 1. The summed E-state index contributed by atoms with van der Waals surface area (Å²) in [6.45, 7) is 4.35. The molecule has 0 amide bonds. The molecule has 3 rings (SSSR count). The Morgan fingerprint density at radius 3 is 2.61 bits per heavy atom. The fourth-order valence-corrected chi connectivity index (χ4v) is 3.14. The highest BCUT2D eigenvalue weighted by molar-refractivity contribution is 5.53. The van der Waals surface area contributed by atoms with E-state index in [2.05, 4.69) is 19.1 Å². The Bertz CT molecular complexity index is 447. The van der Waals surface area contributed by atoms with Gasteiger partial charge < -0.3 is 15.2 Å². The lowest BCUT2D eigenvalue weighted by molar-refractivity contribution is 0.249. The van der Waals surface area contributed by atoms with E-state index in [0.29, 0.717) is 0 Å². The van der Waals surface area contributed by atoms with Crippen LogP contribution in [-0.4, -0.2) is 19.8 Å². The molecule has 1 aromatic carbocycles. The van der Waals surface area contributed by atoms with Crippen LogP contribution in [0.3, 0.4) is 0 Å². The SMILES string of the molecule is Cc1c(C2(CN)CCC2)ccc2c1OCCCO2. The van der Waals surface area contributed by atoms with Gasteiger partial charge in [-0.3, -0.25) is 0 Å². The highest BCUT2D eigenvalue weighted by atomic mass is 16.5. The summed E-state index contributed by atoms with van der Waals surface area (Å²) >= 11 is 0. The number of hydrogen-bond donors (Lipinski definition) is 1. The Morgan fingerprint density at radius 2 is 1.94 bits per heavy atom. The Kier molecular flexibility index (Phi) is 2.94. The molecule has 1 fully saturated rings. The van der Waals surface area contributed by atoms with Crippen molar-refractivity contribution in [3.05, 3.63) is 23.3 Å². The smallest absolute Gasteiger partial charge is 0.164 e. The number of benzene rings is 1. The lowest BCUT2D eigenvalue weighted by atomic mass is 9.63. The monoisotopic (exact) mass is 247 g/mol. The average molecular weight is 247 g/mol. The molecule has 3 heteroatoms. The summed E-state index contributed by atoms with van der Waals surface area (Å²) in [5.41, 5.74) is 8.78. The van der Waals surface area contributed by atoms with Crippen molar-refractivity contribution in [3.8, 4) is 11.5 Å². The Balaban J connectivity index is 2.04. The van der Waals surface area contributed by atoms with Crippen LogP contribution in [0.4, 0.5) is 0 Å². The zero-order valence-corrected chi connectivity index (χ0v) is 11.0. The minimum absolute atomic E-state index is 0.189. The second-order valence-electron chi connectivity index (χ2n) is 5.45. The summed E-state index contributed by atoms with van der Waals surface area (Å²) in [5.74, 6) is 1.82. The summed E-state index contributed by atoms with van der Waals surface area (Å²) in [6, 6.07) is 4.24. The Labute approximate surface area is 108 Å². The maximum absolute atomic E-state index is 6.00. The summed E-state index contributed by atoms with van der Waals surface area (Å²) in [6.07, 6.45) is 4.63. The number of rotatable bonds is 2. The molecule has 1 aliphatic heterocycles. The van der Waals surface area contributed by atoms with E-state index < -0.39 is 0 Å². The zero-order valence-electron chi connectivity index (χ0n) is 11.0. The van der Waals surface area contributed by atoms with Crippen molar-refractivity contribution in [1.82, 2.24) is 0 Å². The molecule has 1 heterocycles. The van der Waals surface area contributed by atoms with E-state index in [1.165, 1.54) is 30.4 Å². The molecule has 1 aliphatic carbocycles. The van der Waals surface area contributed by atoms with E-state index in [4.69, 9.17) is 15.2 Å². The molecule has 18 heavy (non-hydrogen) atoms. The second-order valence-corrected chi connectivity index (χ2v) is 5.45. The van der Waals surface area contributed by atoms with Gasteiger partial charge in [-0.15, -0.1) is 0 Å². The summed E-state index contributed by atoms with van der Waals surface area (Å²) in [7, 11) is 0. The minimum Gasteiger partial charge on any atom is -0.490 e. The van der Waals surface area contributed by atoms with Gasteiger partial charge >= 0.3 is 0 Å². The van der Waals surface area contributed by atoms with Gasteiger partial charge in [-0.2, -0.15) is 0 Å². The van der Waals surface area contributed by atoms with Gasteiger partial charge in [-0.05, 0) is 37.0 Å². The molecular weight excluding hydrogens is 226 g/mol. The second kappa shape index (κ2) is 4.47. The molecule has 1 aromatic rings. The van der Waals surface area contributed by atoms with Gasteiger partial charge in [0.05, 0.1) is 13.2 Å². The van der Waals surface area contributed by atoms with Gasteiger partial charge in [0.2, 0.25) is 0 Å². The third-order valence-corrected chi connectivity index (χ3v) is 4.44. The van der Waals surface area contributed by atoms with Crippen molar-refractivity contribution >= 4 is 0 Å². The summed E-state index contributed by atoms with van der Waals surface area (Å²) in [5, 5.41) is 0. The molecule has 0 aromatic heterocycles. The van der Waals surface area contributed by atoms with Crippen molar-refractivity contribution in [2.45, 2.75) is 38.0 Å². The summed E-state index contributed by atoms with van der Waals surface area (Å²) < 4.78 is 11.6. The highest BCUT2D eigenvalue weighted by Gasteiger charge is 2.39. The van der Waals surface area contributed by atoms with Crippen LogP contribution in [0.25, 0.3) is 0 Å². The van der Waals surface area contributed by atoms with Gasteiger partial charge in [-0.25, -0.2) is 0 Å². The molecular formula is C15H21NO2. The van der Waals surface area contributed by atoms with Crippen molar-refractivity contribution in [1.29, 1.82) is 0 Å². The largest absolute Gasteiger partial charge is 0.490 e. The van der Waals surface area contributed by atoms with E-state index in [0.717, 1.165) is 37.7 Å². The first kappa shape index (κ1) is 11.8. The van der Waals surface area contributed by atoms with Crippen LogP contribution in [0, 0.1) is 6.92 Å². The van der Waals surface area contributed by atoms with Crippen LogP contribution >= 0.6 is 0 Å². The first-order valence-corrected chi connectivity index (χ1v) is 6.87. The van der Waals surface area contributed by atoms with Crippen molar-refractivity contribution < 1.29 is 9.47 Å². The van der Waals surface area contributed by atoms with Crippen LogP contribution in [0.1, 0.15) is 36.8 Å². The maximum Gasteiger partial charge on any atom is 0.164 e. The lowest BCUT2D eigenvalue weighted by Crippen LogP contribution is -2.42. The van der Waals surface area contributed by atoms with Gasteiger partial charge in [0.15, 0.2) is 11.5 Å². The molecule has 0 spiro atoms. The normalized spacial score (nSPS) is 21.0. The molecule has 2 aliphatic rings.